The Hall–Kier alpha value is -8.37. The molecule has 2 nitrogen and oxygen atoms in total. The van der Waals surface area contributed by atoms with Crippen molar-refractivity contribution in [1.82, 2.24) is 9.38 Å². The zero-order valence-electron chi connectivity index (χ0n) is 38.1. The maximum atomic E-state index is 5.48. The molecule has 0 N–H and O–H groups in total. The number of hydrogen-bond donors (Lipinski definition) is 0. The quantitative estimate of drug-likeness (QED) is 0.161. The molecular weight excluding hydrogens is 853 g/mol. The van der Waals surface area contributed by atoms with Crippen LogP contribution in [0.25, 0.3) is 136 Å². The smallest absolute Gasteiger partial charge is 0.156 e. The van der Waals surface area contributed by atoms with Gasteiger partial charge in [0.2, 0.25) is 0 Å². The lowest BCUT2D eigenvalue weighted by atomic mass is 9.81. The van der Waals surface area contributed by atoms with E-state index in [2.05, 4.69) is 237 Å². The summed E-state index contributed by atoms with van der Waals surface area (Å²) in [7, 11) is 0. The molecule has 0 saturated carbocycles. The van der Waals surface area contributed by atoms with E-state index in [-0.39, 0.29) is 5.41 Å². The Balaban J connectivity index is 0.835. The Bertz CT molecular complexity index is 4470. The maximum Gasteiger partial charge on any atom is 0.156 e. The van der Waals surface area contributed by atoms with E-state index < -0.39 is 0 Å². The molecule has 0 saturated heterocycles. The van der Waals surface area contributed by atoms with Gasteiger partial charge < -0.3 is 0 Å². The average molecular weight is 895 g/mol. The summed E-state index contributed by atoms with van der Waals surface area (Å²) in [6, 6.07) is 81.5. The third-order valence-corrected chi connectivity index (χ3v) is 16.5. The summed E-state index contributed by atoms with van der Waals surface area (Å²) in [5.74, 6) is 0. The van der Waals surface area contributed by atoms with Crippen molar-refractivity contribution in [1.29, 1.82) is 0 Å². The molecule has 69 heavy (non-hydrogen) atoms. The minimum absolute atomic E-state index is 0.0276. The van der Waals surface area contributed by atoms with E-state index >= 15 is 0 Å². The summed E-state index contributed by atoms with van der Waals surface area (Å²) in [6.45, 7) is 4.70. The molecule has 0 fully saturated rings. The maximum absolute atomic E-state index is 5.48. The van der Waals surface area contributed by atoms with Crippen LogP contribution in [-0.4, -0.2) is 9.38 Å². The number of benzene rings is 11. The van der Waals surface area contributed by atoms with Crippen molar-refractivity contribution >= 4 is 91.3 Å². The molecule has 0 radical (unpaired) electrons. The lowest BCUT2D eigenvalue weighted by Crippen LogP contribution is -2.14. The number of rotatable bonds is 4. The van der Waals surface area contributed by atoms with Gasteiger partial charge in [0.1, 0.15) is 0 Å². The summed E-state index contributed by atoms with van der Waals surface area (Å²) in [5, 5.41) is 12.4. The van der Waals surface area contributed by atoms with Crippen LogP contribution in [0.3, 0.4) is 0 Å². The van der Waals surface area contributed by atoms with Crippen LogP contribution < -0.4 is 0 Å². The van der Waals surface area contributed by atoms with Gasteiger partial charge in [0, 0.05) is 20.9 Å². The molecule has 3 heterocycles. The number of thiophene rings is 1. The van der Waals surface area contributed by atoms with Gasteiger partial charge >= 0.3 is 0 Å². The predicted molar refractivity (Wildman–Crippen MR) is 295 cm³/mol. The molecule has 3 aromatic heterocycles. The second kappa shape index (κ2) is 14.3. The molecule has 3 heteroatoms. The van der Waals surface area contributed by atoms with E-state index in [0.717, 1.165) is 27.9 Å². The lowest BCUT2D eigenvalue weighted by molar-refractivity contribution is 0.660. The summed E-state index contributed by atoms with van der Waals surface area (Å²) in [4.78, 5) is 5.48. The summed E-state index contributed by atoms with van der Waals surface area (Å²) < 4.78 is 4.91. The topological polar surface area (TPSA) is 17.3 Å². The minimum atomic E-state index is -0.0276. The molecule has 0 atom stereocenters. The second-order valence-electron chi connectivity index (χ2n) is 19.5. The fraction of sp³-hybridized carbons (Fsp3) is 0.0455. The summed E-state index contributed by atoms with van der Waals surface area (Å²) in [6.07, 6.45) is 0. The number of nitrogens with zero attached hydrogens (tertiary/aromatic N) is 2. The molecule has 322 valence electrons. The van der Waals surface area contributed by atoms with Crippen molar-refractivity contribution in [2.75, 3.05) is 0 Å². The van der Waals surface area contributed by atoms with E-state index in [0.29, 0.717) is 0 Å². The van der Waals surface area contributed by atoms with E-state index in [1.54, 1.807) is 0 Å². The van der Waals surface area contributed by atoms with Gasteiger partial charge in [-0.15, -0.1) is 11.3 Å². The SMILES string of the molecule is CC1(C)c2ccccc2-c2ccc(-c3ccc(-c4ccc(-c5ccc(-c6cc7c8cc9ccccc9cc8sc7c7nc8cc9cc%10ccccc%10cc9cc8n67)cc5)c5ccccc45)cc3)cc21. The number of pyridine rings is 1. The largest absolute Gasteiger partial charge is 0.291 e. The van der Waals surface area contributed by atoms with E-state index in [1.807, 2.05) is 11.3 Å². The first-order valence-corrected chi connectivity index (χ1v) is 24.7. The Morgan fingerprint density at radius 2 is 0.913 bits per heavy atom. The highest BCUT2D eigenvalue weighted by atomic mass is 32.1. The lowest BCUT2D eigenvalue weighted by Gasteiger charge is -2.22. The number of hydrogen-bond acceptors (Lipinski definition) is 2. The number of aromatic nitrogens is 2. The van der Waals surface area contributed by atoms with Crippen molar-refractivity contribution in [2.45, 2.75) is 19.3 Å². The zero-order valence-corrected chi connectivity index (χ0v) is 38.9. The van der Waals surface area contributed by atoms with Gasteiger partial charge in [0.05, 0.1) is 21.4 Å². The third kappa shape index (κ3) is 5.75. The minimum Gasteiger partial charge on any atom is -0.291 e. The van der Waals surface area contributed by atoms with Gasteiger partial charge in [0.25, 0.3) is 0 Å². The van der Waals surface area contributed by atoms with Gasteiger partial charge in [-0.25, -0.2) is 4.98 Å². The van der Waals surface area contributed by atoms with Crippen molar-refractivity contribution in [2.24, 2.45) is 0 Å². The van der Waals surface area contributed by atoms with Crippen molar-refractivity contribution in [3.8, 4) is 55.8 Å². The van der Waals surface area contributed by atoms with Crippen LogP contribution in [-0.2, 0) is 5.41 Å². The van der Waals surface area contributed by atoms with Crippen LogP contribution in [0.2, 0.25) is 0 Å². The van der Waals surface area contributed by atoms with E-state index in [4.69, 9.17) is 4.98 Å². The Labute approximate surface area is 403 Å². The number of fused-ring (bicyclic) bond motifs is 14. The highest BCUT2D eigenvalue weighted by Gasteiger charge is 2.35. The summed E-state index contributed by atoms with van der Waals surface area (Å²) in [5.41, 5.74) is 18.3. The van der Waals surface area contributed by atoms with Crippen LogP contribution >= 0.6 is 11.3 Å². The van der Waals surface area contributed by atoms with Crippen molar-refractivity contribution in [3.63, 3.8) is 0 Å². The van der Waals surface area contributed by atoms with Crippen LogP contribution in [0.4, 0.5) is 0 Å². The Morgan fingerprint density at radius 3 is 1.61 bits per heavy atom. The first-order valence-electron chi connectivity index (χ1n) is 23.9. The zero-order chi connectivity index (χ0) is 45.5. The molecule has 11 aromatic carbocycles. The Morgan fingerprint density at radius 1 is 0.377 bits per heavy atom. The molecule has 0 aliphatic heterocycles. The van der Waals surface area contributed by atoms with Crippen LogP contribution in [0.1, 0.15) is 25.0 Å². The normalized spacial score (nSPS) is 13.2. The molecule has 15 rings (SSSR count). The van der Waals surface area contributed by atoms with Gasteiger partial charge in [-0.2, -0.15) is 0 Å². The standard InChI is InChI=1S/C66H42N2S/c1-66(2)58-18-10-9-17-54(58)55-28-27-47(34-59(55)66)39-19-21-40(22-20-39)50-29-30-51(53-16-8-7-15-52(50)53)41-23-25-42(26-24-41)61-38-57-56-33-45-13-5-6-14-46(45)37-63(56)69-64(57)65-67-60-35-48-31-43-11-3-4-12-44(43)32-49(48)36-62(60)68(61)65/h3-38H,1-2H3. The van der Waals surface area contributed by atoms with Crippen molar-refractivity contribution < 1.29 is 0 Å². The highest BCUT2D eigenvalue weighted by molar-refractivity contribution is 7.26. The van der Waals surface area contributed by atoms with Gasteiger partial charge in [-0.1, -0.05) is 184 Å². The molecule has 14 aromatic rings. The van der Waals surface area contributed by atoms with Gasteiger partial charge in [-0.05, 0) is 153 Å². The van der Waals surface area contributed by atoms with Crippen LogP contribution in [0.5, 0.6) is 0 Å². The average Bonchev–Trinajstić information content (AvgIpc) is 4.02. The first kappa shape index (κ1) is 38.7. The molecular formula is C66H42N2S. The molecule has 0 unspecified atom stereocenters. The van der Waals surface area contributed by atoms with Crippen LogP contribution in [0, 0.1) is 0 Å². The monoisotopic (exact) mass is 894 g/mol. The number of imidazole rings is 1. The molecule has 0 spiro atoms. The highest BCUT2D eigenvalue weighted by Crippen LogP contribution is 2.50. The second-order valence-corrected chi connectivity index (χ2v) is 20.6. The van der Waals surface area contributed by atoms with E-state index in [9.17, 15) is 0 Å². The van der Waals surface area contributed by atoms with Gasteiger partial charge in [0.15, 0.2) is 5.65 Å². The first-order chi connectivity index (χ1) is 33.9. The van der Waals surface area contributed by atoms with Crippen molar-refractivity contribution in [3.05, 3.63) is 230 Å². The molecule has 1 aliphatic carbocycles. The fourth-order valence-corrected chi connectivity index (χ4v) is 13.0. The van der Waals surface area contributed by atoms with Crippen LogP contribution in [0.15, 0.2) is 218 Å². The van der Waals surface area contributed by atoms with Gasteiger partial charge in [-0.3, -0.25) is 4.40 Å². The predicted octanol–water partition coefficient (Wildman–Crippen LogP) is 18.4. The summed E-state index contributed by atoms with van der Waals surface area (Å²) >= 11 is 1.85. The molecule has 1 aliphatic rings. The van der Waals surface area contributed by atoms with E-state index in [1.165, 1.54) is 119 Å². The molecule has 0 bridgehead atoms. The fourth-order valence-electron chi connectivity index (χ4n) is 11.8. The molecule has 0 amide bonds. The third-order valence-electron chi connectivity index (χ3n) is 15.3. The Kier molecular flexibility index (Phi) is 8.03.